The standard InChI is InChI=1S/C14H19N3O2S/c18-9-11-3-1-2-10(11)7-15-13(19)6-12-8-17-4-5-20-14(17)16-12/h4-5,8,10-11,18H,1-3,6-7,9H2,(H,15,19). The highest BCUT2D eigenvalue weighted by molar-refractivity contribution is 7.15. The molecule has 5 nitrogen and oxygen atoms in total. The zero-order chi connectivity index (χ0) is 13.9. The molecule has 0 aliphatic heterocycles. The Balaban J connectivity index is 1.51. The van der Waals surface area contributed by atoms with Gasteiger partial charge in [-0.05, 0) is 24.7 Å². The Morgan fingerprint density at radius 1 is 1.50 bits per heavy atom. The highest BCUT2D eigenvalue weighted by atomic mass is 32.1. The molecule has 2 unspecified atom stereocenters. The van der Waals surface area contributed by atoms with Gasteiger partial charge in [-0.15, -0.1) is 11.3 Å². The number of carbonyl (C=O) groups is 1. The van der Waals surface area contributed by atoms with Crippen LogP contribution in [0.5, 0.6) is 0 Å². The maximum atomic E-state index is 11.9. The SMILES string of the molecule is O=C(Cc1cn2ccsc2n1)NCC1CCCC1CO. The molecular formula is C14H19N3O2S. The van der Waals surface area contributed by atoms with Gasteiger partial charge >= 0.3 is 0 Å². The fourth-order valence-electron chi connectivity index (χ4n) is 2.96. The number of fused-ring (bicyclic) bond motifs is 1. The second-order valence-corrected chi connectivity index (χ2v) is 6.31. The second-order valence-electron chi connectivity index (χ2n) is 5.44. The number of aliphatic hydroxyl groups excluding tert-OH is 1. The summed E-state index contributed by atoms with van der Waals surface area (Å²) in [6.45, 7) is 0.907. The Bertz CT molecular complexity index is 564. The predicted molar refractivity (Wildman–Crippen MR) is 77.7 cm³/mol. The van der Waals surface area contributed by atoms with E-state index in [1.54, 1.807) is 11.3 Å². The Morgan fingerprint density at radius 3 is 3.15 bits per heavy atom. The van der Waals surface area contributed by atoms with Crippen molar-refractivity contribution < 1.29 is 9.90 Å². The van der Waals surface area contributed by atoms with E-state index < -0.39 is 0 Å². The monoisotopic (exact) mass is 293 g/mol. The summed E-state index contributed by atoms with van der Waals surface area (Å²) < 4.78 is 1.94. The van der Waals surface area contributed by atoms with E-state index >= 15 is 0 Å². The van der Waals surface area contributed by atoms with Crippen LogP contribution in [0.1, 0.15) is 25.0 Å². The molecule has 0 saturated heterocycles. The van der Waals surface area contributed by atoms with Crippen molar-refractivity contribution >= 4 is 22.2 Å². The van der Waals surface area contributed by atoms with E-state index in [9.17, 15) is 9.90 Å². The molecule has 2 heterocycles. The zero-order valence-electron chi connectivity index (χ0n) is 11.3. The van der Waals surface area contributed by atoms with Crippen LogP contribution in [-0.4, -0.2) is 33.6 Å². The molecule has 1 fully saturated rings. The number of imidazole rings is 1. The van der Waals surface area contributed by atoms with Crippen LogP contribution in [0.2, 0.25) is 0 Å². The first kappa shape index (κ1) is 13.6. The van der Waals surface area contributed by atoms with Crippen LogP contribution >= 0.6 is 11.3 Å². The van der Waals surface area contributed by atoms with Crippen LogP contribution in [0.25, 0.3) is 4.96 Å². The van der Waals surface area contributed by atoms with E-state index in [0.29, 0.717) is 24.8 Å². The van der Waals surface area contributed by atoms with Crippen molar-refractivity contribution in [1.29, 1.82) is 0 Å². The first-order chi connectivity index (χ1) is 9.76. The van der Waals surface area contributed by atoms with Crippen LogP contribution in [0.15, 0.2) is 17.8 Å². The lowest BCUT2D eigenvalue weighted by Gasteiger charge is -2.17. The fraction of sp³-hybridized carbons (Fsp3) is 0.571. The van der Waals surface area contributed by atoms with E-state index in [0.717, 1.165) is 29.9 Å². The number of nitrogens with one attached hydrogen (secondary N) is 1. The largest absolute Gasteiger partial charge is 0.396 e. The molecule has 1 aliphatic rings. The molecule has 20 heavy (non-hydrogen) atoms. The summed E-state index contributed by atoms with van der Waals surface area (Å²) in [5, 5.41) is 14.2. The first-order valence-corrected chi connectivity index (χ1v) is 7.93. The molecule has 0 radical (unpaired) electrons. The van der Waals surface area contributed by atoms with Gasteiger partial charge in [0.05, 0.1) is 12.1 Å². The van der Waals surface area contributed by atoms with Crippen molar-refractivity contribution in [2.75, 3.05) is 13.2 Å². The van der Waals surface area contributed by atoms with Gasteiger partial charge in [0.25, 0.3) is 0 Å². The van der Waals surface area contributed by atoms with Gasteiger partial charge in [-0.1, -0.05) is 6.42 Å². The molecule has 0 spiro atoms. The van der Waals surface area contributed by atoms with Gasteiger partial charge in [0.2, 0.25) is 5.91 Å². The third-order valence-corrected chi connectivity index (χ3v) is 4.87. The van der Waals surface area contributed by atoms with Gasteiger partial charge in [0.1, 0.15) is 0 Å². The second kappa shape index (κ2) is 5.93. The van der Waals surface area contributed by atoms with Gasteiger partial charge in [-0.25, -0.2) is 4.98 Å². The number of hydrogen-bond donors (Lipinski definition) is 2. The predicted octanol–water partition coefficient (Wildman–Crippen LogP) is 1.46. The van der Waals surface area contributed by atoms with Gasteiger partial charge in [0.15, 0.2) is 4.96 Å². The normalized spacial score (nSPS) is 22.4. The Labute approximate surface area is 121 Å². The summed E-state index contributed by atoms with van der Waals surface area (Å²) in [6.07, 6.45) is 7.50. The van der Waals surface area contributed by atoms with Crippen molar-refractivity contribution in [2.24, 2.45) is 11.8 Å². The molecule has 0 bridgehead atoms. The van der Waals surface area contributed by atoms with Gasteiger partial charge in [0, 0.05) is 30.9 Å². The van der Waals surface area contributed by atoms with Crippen LogP contribution in [-0.2, 0) is 11.2 Å². The molecule has 1 saturated carbocycles. The molecular weight excluding hydrogens is 274 g/mol. The average molecular weight is 293 g/mol. The molecule has 6 heteroatoms. The molecule has 2 aromatic heterocycles. The number of aromatic nitrogens is 2. The zero-order valence-corrected chi connectivity index (χ0v) is 12.1. The Hall–Kier alpha value is -1.40. The highest BCUT2D eigenvalue weighted by Crippen LogP contribution is 2.30. The minimum Gasteiger partial charge on any atom is -0.396 e. The number of carbonyl (C=O) groups excluding carboxylic acids is 1. The number of nitrogens with zero attached hydrogens (tertiary/aromatic N) is 2. The van der Waals surface area contributed by atoms with Crippen LogP contribution < -0.4 is 5.32 Å². The molecule has 1 amide bonds. The topological polar surface area (TPSA) is 66.6 Å². The first-order valence-electron chi connectivity index (χ1n) is 7.05. The quantitative estimate of drug-likeness (QED) is 0.877. The molecule has 0 aromatic carbocycles. The van der Waals surface area contributed by atoms with Crippen molar-refractivity contribution in [3.05, 3.63) is 23.5 Å². The maximum absolute atomic E-state index is 11.9. The third kappa shape index (κ3) is 2.86. The molecule has 2 aromatic rings. The summed E-state index contributed by atoms with van der Waals surface area (Å²) in [4.78, 5) is 17.3. The third-order valence-electron chi connectivity index (χ3n) is 4.10. The van der Waals surface area contributed by atoms with Crippen molar-refractivity contribution in [2.45, 2.75) is 25.7 Å². The van der Waals surface area contributed by atoms with E-state index in [1.165, 1.54) is 0 Å². The Kier molecular flexibility index (Phi) is 4.03. The molecule has 1 aliphatic carbocycles. The number of aliphatic hydroxyl groups is 1. The van der Waals surface area contributed by atoms with E-state index in [-0.39, 0.29) is 12.5 Å². The molecule has 2 N–H and O–H groups in total. The van der Waals surface area contributed by atoms with Crippen molar-refractivity contribution in [3.63, 3.8) is 0 Å². The average Bonchev–Trinajstić information content (AvgIpc) is 3.10. The minimum atomic E-state index is 0.0133. The summed E-state index contributed by atoms with van der Waals surface area (Å²) >= 11 is 1.56. The number of hydrogen-bond acceptors (Lipinski definition) is 4. The number of amides is 1. The Morgan fingerprint density at radius 2 is 2.35 bits per heavy atom. The number of rotatable bonds is 5. The van der Waals surface area contributed by atoms with Gasteiger partial charge in [-0.2, -0.15) is 0 Å². The van der Waals surface area contributed by atoms with Crippen LogP contribution in [0.4, 0.5) is 0 Å². The van der Waals surface area contributed by atoms with E-state index in [1.807, 2.05) is 22.2 Å². The van der Waals surface area contributed by atoms with Gasteiger partial charge < -0.3 is 10.4 Å². The maximum Gasteiger partial charge on any atom is 0.226 e. The van der Waals surface area contributed by atoms with Crippen molar-refractivity contribution in [3.8, 4) is 0 Å². The summed E-state index contributed by atoms with van der Waals surface area (Å²) in [5.41, 5.74) is 0.805. The minimum absolute atomic E-state index is 0.0133. The summed E-state index contributed by atoms with van der Waals surface area (Å²) in [6, 6.07) is 0. The lowest BCUT2D eigenvalue weighted by molar-refractivity contribution is -0.120. The van der Waals surface area contributed by atoms with Crippen molar-refractivity contribution in [1.82, 2.24) is 14.7 Å². The van der Waals surface area contributed by atoms with Crippen LogP contribution in [0, 0.1) is 11.8 Å². The fourth-order valence-corrected chi connectivity index (χ4v) is 3.67. The highest BCUT2D eigenvalue weighted by Gasteiger charge is 2.26. The smallest absolute Gasteiger partial charge is 0.226 e. The van der Waals surface area contributed by atoms with Gasteiger partial charge in [-0.3, -0.25) is 9.20 Å². The van der Waals surface area contributed by atoms with E-state index in [2.05, 4.69) is 10.3 Å². The van der Waals surface area contributed by atoms with E-state index in [4.69, 9.17) is 0 Å². The lowest BCUT2D eigenvalue weighted by atomic mass is 9.97. The summed E-state index contributed by atoms with van der Waals surface area (Å²) in [5.74, 6) is 0.794. The number of thiazole rings is 1. The van der Waals surface area contributed by atoms with Crippen LogP contribution in [0.3, 0.4) is 0 Å². The lowest BCUT2D eigenvalue weighted by Crippen LogP contribution is -2.32. The summed E-state index contributed by atoms with van der Waals surface area (Å²) in [7, 11) is 0. The molecule has 108 valence electrons. The molecule has 3 rings (SSSR count). The molecule has 2 atom stereocenters.